The van der Waals surface area contributed by atoms with Gasteiger partial charge in [0.05, 0.1) is 35.8 Å². The van der Waals surface area contributed by atoms with Crippen LogP contribution in [0.4, 0.5) is 0 Å². The molecule has 288 valence electrons. The van der Waals surface area contributed by atoms with Crippen molar-refractivity contribution in [2.24, 2.45) is 23.7 Å². The van der Waals surface area contributed by atoms with Crippen molar-refractivity contribution in [3.8, 4) is 11.5 Å². The number of allylic oxidation sites excluding steroid dienone is 4. The second-order valence-corrected chi connectivity index (χ2v) is 15.1. The smallest absolute Gasteiger partial charge is 0.302 e. The second kappa shape index (κ2) is 14.8. The van der Waals surface area contributed by atoms with Crippen molar-refractivity contribution in [3.63, 3.8) is 0 Å². The lowest BCUT2D eigenvalue weighted by atomic mass is 9.77. The average molecular weight is 738 g/mol. The molecule has 53 heavy (non-hydrogen) atoms. The molecule has 1 amide bonds. The molecule has 1 aliphatic carbocycles. The molecule has 1 fully saturated rings. The minimum Gasteiger partial charge on any atom is -0.507 e. The molecule has 7 bridgehead atoms. The number of aliphatic hydroxyl groups excluding tert-OH is 1. The van der Waals surface area contributed by atoms with Crippen molar-refractivity contribution in [1.82, 2.24) is 5.32 Å². The third-order valence-electron chi connectivity index (χ3n) is 10.7. The van der Waals surface area contributed by atoms with Crippen molar-refractivity contribution < 1.29 is 57.8 Å². The number of carbonyl (C=O) groups is 4. The first-order chi connectivity index (χ1) is 24.7. The Kier molecular flexibility index (Phi) is 11.2. The SMILES string of the molecule is COC1/C=C/OC2(C)Oc3c(C)c(O)c4c(c3[C@H]2O)C(=O)C=C(NC(=O)/C(C)=C\C=C\C(C)C2OC(C)(C)OC(C2C)C(C)C(OC(C)=O)C1C)C4=O. The summed E-state index contributed by atoms with van der Waals surface area (Å²) in [6.45, 7) is 17.4. The number of hydrogen-bond acceptors (Lipinski definition) is 12. The van der Waals surface area contributed by atoms with Gasteiger partial charge >= 0.3 is 5.97 Å². The van der Waals surface area contributed by atoms with E-state index < -0.39 is 71.1 Å². The van der Waals surface area contributed by atoms with E-state index in [9.17, 15) is 29.4 Å². The molecular weight excluding hydrogens is 686 g/mol. The minimum atomic E-state index is -1.80. The van der Waals surface area contributed by atoms with Crippen LogP contribution >= 0.6 is 0 Å². The number of esters is 1. The van der Waals surface area contributed by atoms with Crippen LogP contribution in [0.1, 0.15) is 100 Å². The van der Waals surface area contributed by atoms with Gasteiger partial charge in [-0.05, 0) is 33.8 Å². The second-order valence-electron chi connectivity index (χ2n) is 15.1. The van der Waals surface area contributed by atoms with Crippen molar-refractivity contribution >= 4 is 23.4 Å². The lowest BCUT2D eigenvalue weighted by molar-refractivity contribution is -0.336. The van der Waals surface area contributed by atoms with Crippen LogP contribution in [0.15, 0.2) is 47.9 Å². The summed E-state index contributed by atoms with van der Waals surface area (Å²) >= 11 is 0. The van der Waals surface area contributed by atoms with Crippen LogP contribution in [0.5, 0.6) is 11.5 Å². The largest absolute Gasteiger partial charge is 0.507 e. The molecule has 6 rings (SSSR count). The number of aromatic hydroxyl groups is 1. The Labute approximate surface area is 310 Å². The van der Waals surface area contributed by atoms with Gasteiger partial charge in [-0.15, -0.1) is 0 Å². The lowest BCUT2D eigenvalue weighted by Gasteiger charge is -2.50. The van der Waals surface area contributed by atoms with Gasteiger partial charge in [0.1, 0.15) is 17.6 Å². The minimum absolute atomic E-state index is 0.00998. The van der Waals surface area contributed by atoms with Gasteiger partial charge < -0.3 is 44.0 Å². The highest BCUT2D eigenvalue weighted by Gasteiger charge is 2.52. The van der Waals surface area contributed by atoms with Gasteiger partial charge in [0.15, 0.2) is 17.7 Å². The lowest BCUT2D eigenvalue weighted by Crippen LogP contribution is -2.56. The maximum atomic E-state index is 13.8. The van der Waals surface area contributed by atoms with E-state index >= 15 is 0 Å². The summed E-state index contributed by atoms with van der Waals surface area (Å²) in [7, 11) is 1.51. The van der Waals surface area contributed by atoms with Gasteiger partial charge in [0, 0.05) is 73.0 Å². The highest BCUT2D eigenvalue weighted by molar-refractivity contribution is 6.27. The number of benzene rings is 1. The van der Waals surface area contributed by atoms with Crippen LogP contribution in [0.3, 0.4) is 0 Å². The van der Waals surface area contributed by atoms with Crippen LogP contribution in [0.25, 0.3) is 0 Å². The number of nitrogens with one attached hydrogen (secondary N) is 1. The fourth-order valence-corrected chi connectivity index (χ4v) is 7.86. The maximum Gasteiger partial charge on any atom is 0.302 e. The number of phenols is 1. The zero-order valence-electron chi connectivity index (χ0n) is 32.1. The van der Waals surface area contributed by atoms with Crippen molar-refractivity contribution in [2.45, 2.75) is 111 Å². The number of ether oxygens (including phenoxy) is 6. The first-order valence-corrected chi connectivity index (χ1v) is 17.9. The Balaban J connectivity index is 1.61. The van der Waals surface area contributed by atoms with Crippen molar-refractivity contribution in [3.05, 3.63) is 70.2 Å². The van der Waals surface area contributed by atoms with Gasteiger partial charge in [-0.25, -0.2) is 0 Å². The van der Waals surface area contributed by atoms with E-state index in [4.69, 9.17) is 28.4 Å². The first kappa shape index (κ1) is 39.9. The number of hydrogen-bond donors (Lipinski definition) is 3. The zero-order valence-corrected chi connectivity index (χ0v) is 32.1. The number of amides is 1. The fraction of sp³-hybridized carbons (Fsp3) is 0.550. The van der Waals surface area contributed by atoms with Gasteiger partial charge in [0.25, 0.3) is 11.7 Å². The van der Waals surface area contributed by atoms with E-state index in [1.807, 2.05) is 47.6 Å². The van der Waals surface area contributed by atoms with E-state index in [0.717, 1.165) is 6.08 Å². The Bertz CT molecular complexity index is 1810. The average Bonchev–Trinajstić information content (AvgIpc) is 3.35. The highest BCUT2D eigenvalue weighted by atomic mass is 16.7. The molecule has 10 atom stereocenters. The number of methoxy groups -OCH3 is 1. The van der Waals surface area contributed by atoms with Crippen LogP contribution < -0.4 is 10.1 Å². The van der Waals surface area contributed by atoms with E-state index in [1.54, 1.807) is 25.2 Å². The quantitative estimate of drug-likeness (QED) is 0.336. The van der Waals surface area contributed by atoms with Crippen LogP contribution in [-0.2, 0) is 33.3 Å². The third kappa shape index (κ3) is 7.44. The maximum absolute atomic E-state index is 13.8. The van der Waals surface area contributed by atoms with Crippen molar-refractivity contribution in [2.75, 3.05) is 7.11 Å². The Hall–Kier alpha value is -4.30. The molecule has 0 aromatic heterocycles. The monoisotopic (exact) mass is 737 g/mol. The van der Waals surface area contributed by atoms with Crippen LogP contribution in [0, 0.1) is 30.6 Å². The molecule has 4 heterocycles. The van der Waals surface area contributed by atoms with Crippen LogP contribution in [-0.4, -0.2) is 76.8 Å². The molecule has 3 N–H and O–H groups in total. The molecule has 0 spiro atoms. The fourth-order valence-electron chi connectivity index (χ4n) is 7.86. The summed E-state index contributed by atoms with van der Waals surface area (Å²) in [4.78, 5) is 53.1. The predicted molar refractivity (Wildman–Crippen MR) is 192 cm³/mol. The summed E-state index contributed by atoms with van der Waals surface area (Å²) < 4.78 is 36.9. The van der Waals surface area contributed by atoms with Crippen LogP contribution in [0.2, 0.25) is 0 Å². The highest BCUT2D eigenvalue weighted by Crippen LogP contribution is 2.52. The molecule has 1 aromatic rings. The summed E-state index contributed by atoms with van der Waals surface area (Å²) in [6, 6.07) is 0. The zero-order chi connectivity index (χ0) is 39.3. The normalized spacial score (nSPS) is 36.6. The molecule has 13 nitrogen and oxygen atoms in total. The molecule has 1 aromatic carbocycles. The first-order valence-electron chi connectivity index (χ1n) is 17.9. The number of Topliss-reactive ketones (excluding diaryl/α,β-unsaturated/α-hetero) is 1. The molecule has 4 aliphatic heterocycles. The van der Waals surface area contributed by atoms with E-state index in [2.05, 4.69) is 5.32 Å². The molecule has 1 saturated heterocycles. The summed E-state index contributed by atoms with van der Waals surface area (Å²) in [6.07, 6.45) is 5.42. The molecule has 13 heteroatoms. The Morgan fingerprint density at radius 3 is 2.25 bits per heavy atom. The molecule has 0 radical (unpaired) electrons. The summed E-state index contributed by atoms with van der Waals surface area (Å²) in [5, 5.41) is 25.3. The van der Waals surface area contributed by atoms with E-state index in [1.165, 1.54) is 34.1 Å². The van der Waals surface area contributed by atoms with Gasteiger partial charge in [0.2, 0.25) is 5.78 Å². The molecule has 5 aliphatic rings. The van der Waals surface area contributed by atoms with Gasteiger partial charge in [-0.1, -0.05) is 45.9 Å². The van der Waals surface area contributed by atoms with E-state index in [0.29, 0.717) is 0 Å². The topological polar surface area (TPSA) is 176 Å². The number of phenolic OH excluding ortho intramolecular Hbond substituents is 1. The molecule has 9 unspecified atom stereocenters. The summed E-state index contributed by atoms with van der Waals surface area (Å²) in [5.74, 6) is -7.04. The third-order valence-corrected chi connectivity index (χ3v) is 10.7. The standard InChI is InChI=1S/C40H51NO12/c1-18-13-12-14-19(2)38(47)41-25-17-26(43)28-29(32(25)45)31(44)21(4)36-30(28)37(46)40(10,53-36)49-16-15-27(48-11)20(3)34(50-24(7)42)23(6)35-22(5)33(18)51-39(8,9)52-35/h12-18,20,22-23,27,33-35,37,44,46H,1-11H3,(H,41,47)/b13-12+,16-15+,19-14-/t18?,20?,22?,23?,27?,33?,34?,35?,37-,40?/m1/s1. The number of rotatable bonds is 2. The predicted octanol–water partition coefficient (Wildman–Crippen LogP) is 5.28. The molecule has 0 saturated carbocycles. The summed E-state index contributed by atoms with van der Waals surface area (Å²) in [5.41, 5.74) is -0.616. The van der Waals surface area contributed by atoms with E-state index in [-0.39, 0.29) is 63.1 Å². The molecular formula is C40H51NO12. The number of carbonyl (C=O) groups excluding carboxylic acids is 4. The number of ketones is 2. The van der Waals surface area contributed by atoms with Gasteiger partial charge in [-0.3, -0.25) is 19.2 Å². The number of fused-ring (bicyclic) bond motifs is 10. The van der Waals surface area contributed by atoms with Crippen molar-refractivity contribution in [1.29, 1.82) is 0 Å². The number of aliphatic hydroxyl groups is 1. The Morgan fingerprint density at radius 2 is 1.60 bits per heavy atom. The van der Waals surface area contributed by atoms with Gasteiger partial charge in [-0.2, -0.15) is 0 Å². The Morgan fingerprint density at radius 1 is 0.943 bits per heavy atom.